The lowest BCUT2D eigenvalue weighted by Crippen LogP contribution is -2.47. The number of nitrogens with one attached hydrogen (secondary N) is 2. The Hall–Kier alpha value is -1.99. The summed E-state index contributed by atoms with van der Waals surface area (Å²) in [6, 6.07) is 4.52. The predicted octanol–water partition coefficient (Wildman–Crippen LogP) is 0.0830. The van der Waals surface area contributed by atoms with Crippen molar-refractivity contribution in [3.63, 3.8) is 0 Å². The van der Waals surface area contributed by atoms with Crippen LogP contribution in [0, 0.1) is 0 Å². The molecule has 0 atom stereocenters. The Labute approximate surface area is 129 Å². The minimum Gasteiger partial charge on any atom is -0.394 e. The molecule has 1 heterocycles. The molecule has 0 unspecified atom stereocenters. The highest BCUT2D eigenvalue weighted by Gasteiger charge is 2.23. The molecule has 0 saturated heterocycles. The van der Waals surface area contributed by atoms with E-state index in [0.29, 0.717) is 0 Å². The van der Waals surface area contributed by atoms with E-state index < -0.39 is 22.9 Å². The normalized spacial score (nSPS) is 11.9. The van der Waals surface area contributed by atoms with E-state index in [4.69, 9.17) is 10.2 Å². The van der Waals surface area contributed by atoms with Gasteiger partial charge in [-0.25, -0.2) is 4.98 Å². The molecule has 4 N–H and O–H groups in total. The molecule has 122 valence electrons. The van der Waals surface area contributed by atoms with E-state index in [-0.39, 0.29) is 24.6 Å². The van der Waals surface area contributed by atoms with E-state index in [1.54, 1.807) is 33.8 Å². The van der Waals surface area contributed by atoms with Crippen LogP contribution in [0.5, 0.6) is 0 Å². The van der Waals surface area contributed by atoms with Crippen molar-refractivity contribution in [1.82, 2.24) is 15.6 Å². The molecule has 1 rings (SSSR count). The van der Waals surface area contributed by atoms with E-state index in [0.717, 1.165) is 0 Å². The van der Waals surface area contributed by atoms with Crippen molar-refractivity contribution < 1.29 is 19.8 Å². The molecule has 0 aliphatic rings. The highest BCUT2D eigenvalue weighted by atomic mass is 16.3. The second kappa shape index (κ2) is 6.85. The molecule has 1 aromatic heterocycles. The number of pyridine rings is 1. The monoisotopic (exact) mass is 309 g/mol. The van der Waals surface area contributed by atoms with Gasteiger partial charge in [0, 0.05) is 0 Å². The summed E-state index contributed by atoms with van der Waals surface area (Å²) >= 11 is 0. The summed E-state index contributed by atoms with van der Waals surface area (Å²) < 4.78 is 0. The first-order valence-corrected chi connectivity index (χ1v) is 6.94. The van der Waals surface area contributed by atoms with Crippen LogP contribution in [0.4, 0.5) is 0 Å². The Balaban J connectivity index is 2.90. The number of hydrogen-bond acceptors (Lipinski definition) is 5. The summed E-state index contributed by atoms with van der Waals surface area (Å²) in [5, 5.41) is 23.6. The minimum absolute atomic E-state index is 0.0796. The maximum atomic E-state index is 12.1. The molecule has 1 aromatic rings. The van der Waals surface area contributed by atoms with Gasteiger partial charge in [-0.2, -0.15) is 0 Å². The van der Waals surface area contributed by atoms with Crippen LogP contribution in [0.15, 0.2) is 18.2 Å². The van der Waals surface area contributed by atoms with Crippen LogP contribution in [-0.4, -0.2) is 51.3 Å². The molecule has 0 aliphatic heterocycles. The third-order valence-corrected chi connectivity index (χ3v) is 2.91. The topological polar surface area (TPSA) is 112 Å². The molecule has 0 fully saturated rings. The number of aromatic nitrogens is 1. The Morgan fingerprint density at radius 1 is 0.955 bits per heavy atom. The molecule has 0 aromatic carbocycles. The van der Waals surface area contributed by atoms with Gasteiger partial charge in [0.15, 0.2) is 0 Å². The third-order valence-electron chi connectivity index (χ3n) is 2.91. The Morgan fingerprint density at radius 2 is 1.32 bits per heavy atom. The lowest BCUT2D eigenvalue weighted by Gasteiger charge is -2.24. The summed E-state index contributed by atoms with van der Waals surface area (Å²) in [5.41, 5.74) is -1.40. The maximum absolute atomic E-state index is 12.1. The van der Waals surface area contributed by atoms with Crippen LogP contribution in [0.2, 0.25) is 0 Å². The van der Waals surface area contributed by atoms with E-state index in [9.17, 15) is 9.59 Å². The Kier molecular flexibility index (Phi) is 5.62. The van der Waals surface area contributed by atoms with Crippen molar-refractivity contribution in [2.75, 3.05) is 13.2 Å². The summed E-state index contributed by atoms with van der Waals surface area (Å²) in [5.74, 6) is -0.953. The summed E-state index contributed by atoms with van der Waals surface area (Å²) in [6.45, 7) is 6.25. The number of hydrogen-bond donors (Lipinski definition) is 4. The largest absolute Gasteiger partial charge is 0.394 e. The predicted molar refractivity (Wildman–Crippen MR) is 81.5 cm³/mol. The van der Waals surface area contributed by atoms with Gasteiger partial charge in [0.2, 0.25) is 0 Å². The third kappa shape index (κ3) is 5.09. The van der Waals surface area contributed by atoms with Gasteiger partial charge in [-0.1, -0.05) is 6.07 Å². The zero-order valence-corrected chi connectivity index (χ0v) is 13.3. The second-order valence-corrected chi connectivity index (χ2v) is 6.40. The fourth-order valence-corrected chi connectivity index (χ4v) is 1.51. The highest BCUT2D eigenvalue weighted by Crippen LogP contribution is 2.07. The lowest BCUT2D eigenvalue weighted by molar-refractivity contribution is 0.0859. The number of rotatable bonds is 6. The Morgan fingerprint density at radius 3 is 1.64 bits per heavy atom. The van der Waals surface area contributed by atoms with Crippen LogP contribution in [0.3, 0.4) is 0 Å². The lowest BCUT2D eigenvalue weighted by atomic mass is 10.1. The average Bonchev–Trinajstić information content (AvgIpc) is 2.46. The van der Waals surface area contributed by atoms with Crippen LogP contribution >= 0.6 is 0 Å². The fraction of sp³-hybridized carbons (Fsp3) is 0.533. The number of carbonyl (C=O) groups is 2. The first-order valence-electron chi connectivity index (χ1n) is 6.94. The van der Waals surface area contributed by atoms with Crippen LogP contribution in [0.25, 0.3) is 0 Å². The van der Waals surface area contributed by atoms with E-state index in [2.05, 4.69) is 15.6 Å². The maximum Gasteiger partial charge on any atom is 0.270 e. The number of carbonyl (C=O) groups excluding carboxylic acids is 2. The number of aliphatic hydroxyl groups is 2. The zero-order chi connectivity index (χ0) is 17.0. The van der Waals surface area contributed by atoms with E-state index in [1.165, 1.54) is 12.1 Å². The van der Waals surface area contributed by atoms with Crippen LogP contribution in [-0.2, 0) is 0 Å². The molecule has 0 saturated carbocycles. The van der Waals surface area contributed by atoms with Gasteiger partial charge in [0.25, 0.3) is 11.8 Å². The molecular weight excluding hydrogens is 286 g/mol. The van der Waals surface area contributed by atoms with Gasteiger partial charge in [-0.3, -0.25) is 9.59 Å². The van der Waals surface area contributed by atoms with Crippen LogP contribution < -0.4 is 10.6 Å². The fourth-order valence-electron chi connectivity index (χ4n) is 1.51. The molecule has 7 nitrogen and oxygen atoms in total. The molecule has 2 amide bonds. The number of amides is 2. The minimum atomic E-state index is -0.782. The molecular formula is C15H23N3O4. The van der Waals surface area contributed by atoms with Crippen molar-refractivity contribution in [3.8, 4) is 0 Å². The zero-order valence-electron chi connectivity index (χ0n) is 13.3. The average molecular weight is 309 g/mol. The van der Waals surface area contributed by atoms with Gasteiger partial charge in [0.05, 0.1) is 24.3 Å². The van der Waals surface area contributed by atoms with Crippen molar-refractivity contribution in [1.29, 1.82) is 0 Å². The van der Waals surface area contributed by atoms with Gasteiger partial charge in [-0.05, 0) is 39.8 Å². The SMILES string of the molecule is CC(C)(CO)NC(=O)c1cccc(C(=O)NC(C)(C)CO)n1. The quantitative estimate of drug-likeness (QED) is 0.595. The second-order valence-electron chi connectivity index (χ2n) is 6.40. The van der Waals surface area contributed by atoms with Crippen molar-refractivity contribution in [2.45, 2.75) is 38.8 Å². The number of nitrogens with zero attached hydrogens (tertiary/aromatic N) is 1. The molecule has 7 heteroatoms. The smallest absolute Gasteiger partial charge is 0.270 e. The van der Waals surface area contributed by atoms with E-state index >= 15 is 0 Å². The summed E-state index contributed by atoms with van der Waals surface area (Å²) in [7, 11) is 0. The first kappa shape index (κ1) is 18.1. The molecule has 0 radical (unpaired) electrons. The van der Waals surface area contributed by atoms with Crippen molar-refractivity contribution in [3.05, 3.63) is 29.6 Å². The summed E-state index contributed by atoms with van der Waals surface area (Å²) in [4.78, 5) is 28.2. The molecule has 0 aliphatic carbocycles. The molecule has 0 spiro atoms. The van der Waals surface area contributed by atoms with Crippen molar-refractivity contribution >= 4 is 11.8 Å². The summed E-state index contributed by atoms with van der Waals surface area (Å²) in [6.07, 6.45) is 0. The van der Waals surface area contributed by atoms with Gasteiger partial charge in [0.1, 0.15) is 11.4 Å². The highest BCUT2D eigenvalue weighted by molar-refractivity contribution is 5.96. The van der Waals surface area contributed by atoms with Gasteiger partial charge >= 0.3 is 0 Å². The molecule has 22 heavy (non-hydrogen) atoms. The van der Waals surface area contributed by atoms with Crippen molar-refractivity contribution in [2.24, 2.45) is 0 Å². The first-order chi connectivity index (χ1) is 10.1. The number of aliphatic hydroxyl groups excluding tert-OH is 2. The standard InChI is InChI=1S/C15H23N3O4/c1-14(2,8-19)17-12(21)10-6-5-7-11(16-10)13(22)18-15(3,4)9-20/h5-7,19-20H,8-9H2,1-4H3,(H,17,21)(H,18,22). The van der Waals surface area contributed by atoms with Gasteiger partial charge < -0.3 is 20.8 Å². The molecule has 0 bridgehead atoms. The van der Waals surface area contributed by atoms with Gasteiger partial charge in [-0.15, -0.1) is 0 Å². The van der Waals surface area contributed by atoms with Crippen LogP contribution in [0.1, 0.15) is 48.7 Å². The Bertz CT molecular complexity index is 510. The van der Waals surface area contributed by atoms with E-state index in [1.807, 2.05) is 0 Å².